The molecule has 0 spiro atoms. The number of carbonyl (C=O) groups is 1. The van der Waals surface area contributed by atoms with Crippen molar-refractivity contribution < 1.29 is 23.1 Å². The van der Waals surface area contributed by atoms with Crippen molar-refractivity contribution >= 4 is 28.9 Å². The van der Waals surface area contributed by atoms with E-state index in [0.29, 0.717) is 42.3 Å². The summed E-state index contributed by atoms with van der Waals surface area (Å²) in [5, 5.41) is 13.3. The Kier molecular flexibility index (Phi) is 7.43. The first kappa shape index (κ1) is 24.0. The second-order valence-electron chi connectivity index (χ2n) is 7.81. The highest BCUT2D eigenvalue weighted by molar-refractivity contribution is 6.32. The number of anilines is 1. The molecule has 2 aromatic rings. The number of benzene rings is 1. The number of aromatic nitrogens is 1. The van der Waals surface area contributed by atoms with E-state index in [2.05, 4.69) is 10.3 Å². The number of halogens is 4. The topological polar surface area (TPSA) is 68.7 Å². The number of hydrogen-bond donors (Lipinski definition) is 2. The molecule has 0 bridgehead atoms. The zero-order valence-corrected chi connectivity index (χ0v) is 18.4. The molecule has 172 valence electrons. The average molecular weight is 469 g/mol. The molecule has 2 N–H and O–H groups in total. The molecular weight excluding hydrogens is 445 g/mol. The Hall–Kier alpha value is -2.62. The van der Waals surface area contributed by atoms with E-state index in [1.165, 1.54) is 12.1 Å². The van der Waals surface area contributed by atoms with E-state index in [1.54, 1.807) is 17.2 Å². The molecule has 6 nitrogen and oxygen atoms in total. The number of amides is 2. The Morgan fingerprint density at radius 1 is 1.31 bits per heavy atom. The molecule has 0 radical (unpaired) electrons. The second-order valence-corrected chi connectivity index (χ2v) is 8.21. The summed E-state index contributed by atoms with van der Waals surface area (Å²) < 4.78 is 38.0. The van der Waals surface area contributed by atoms with E-state index in [9.17, 15) is 23.1 Å². The molecule has 0 aliphatic carbocycles. The first-order valence-corrected chi connectivity index (χ1v) is 10.3. The van der Waals surface area contributed by atoms with Crippen molar-refractivity contribution in [3.8, 4) is 0 Å². The largest absolute Gasteiger partial charge is 0.416 e. The van der Waals surface area contributed by atoms with E-state index in [1.807, 2.05) is 25.1 Å². The number of likely N-dealkylation sites (N-methyl/N-ethyl adjacent to an activating group) is 1. The van der Waals surface area contributed by atoms with E-state index in [0.717, 1.165) is 17.7 Å². The zero-order chi connectivity index (χ0) is 23.5. The third-order valence-corrected chi connectivity index (χ3v) is 5.34. The fourth-order valence-electron chi connectivity index (χ4n) is 3.34. The lowest BCUT2D eigenvalue weighted by atomic mass is 10.0. The van der Waals surface area contributed by atoms with Crippen LogP contribution in [-0.2, 0) is 6.18 Å². The Morgan fingerprint density at radius 2 is 2.00 bits per heavy atom. The van der Waals surface area contributed by atoms with E-state index >= 15 is 0 Å². The Labute approximate surface area is 189 Å². The number of pyridine rings is 1. The van der Waals surface area contributed by atoms with Crippen LogP contribution in [0.5, 0.6) is 0 Å². The summed E-state index contributed by atoms with van der Waals surface area (Å²) in [5.41, 5.74) is 1.64. The van der Waals surface area contributed by atoms with Crippen molar-refractivity contribution in [2.24, 2.45) is 0 Å². The van der Waals surface area contributed by atoms with Gasteiger partial charge in [0.2, 0.25) is 0 Å². The van der Waals surface area contributed by atoms with E-state index in [-0.39, 0.29) is 5.69 Å². The molecule has 0 saturated carbocycles. The third-order valence-electron chi connectivity index (χ3n) is 5.05. The van der Waals surface area contributed by atoms with Crippen LogP contribution in [0.4, 0.5) is 23.7 Å². The fraction of sp³-hybridized carbons (Fsp3) is 0.364. The molecule has 2 heterocycles. The minimum atomic E-state index is -4.42. The highest BCUT2D eigenvalue weighted by Gasteiger charge is 2.30. The van der Waals surface area contributed by atoms with Gasteiger partial charge in [-0.25, -0.2) is 4.79 Å². The number of aliphatic hydroxyl groups excluding tert-OH is 1. The molecule has 10 heteroatoms. The molecule has 0 fully saturated rings. The Morgan fingerprint density at radius 3 is 2.53 bits per heavy atom. The summed E-state index contributed by atoms with van der Waals surface area (Å²) in [6.07, 6.45) is -1.16. The molecule has 3 rings (SSSR count). The van der Waals surface area contributed by atoms with Gasteiger partial charge in [0.05, 0.1) is 22.4 Å². The Bertz CT molecular complexity index is 994. The number of carbonyl (C=O) groups excluding carboxylic acids is 1. The van der Waals surface area contributed by atoms with Crippen molar-refractivity contribution in [1.82, 2.24) is 14.8 Å². The second kappa shape index (κ2) is 9.89. The van der Waals surface area contributed by atoms with Gasteiger partial charge in [0, 0.05) is 37.1 Å². The molecule has 1 aromatic heterocycles. The molecule has 2 amide bonds. The third kappa shape index (κ3) is 5.99. The van der Waals surface area contributed by atoms with Gasteiger partial charge in [0.25, 0.3) is 0 Å². The molecule has 0 unspecified atom stereocenters. The predicted octanol–water partition coefficient (Wildman–Crippen LogP) is 4.67. The van der Waals surface area contributed by atoms with Crippen molar-refractivity contribution in [3.63, 3.8) is 0 Å². The van der Waals surface area contributed by atoms with Crippen LogP contribution in [0.25, 0.3) is 5.57 Å². The number of rotatable bonds is 5. The molecule has 32 heavy (non-hydrogen) atoms. The summed E-state index contributed by atoms with van der Waals surface area (Å²) in [6, 6.07) is 5.60. The highest BCUT2D eigenvalue weighted by Crippen LogP contribution is 2.31. The number of nitrogens with zero attached hydrogens (tertiary/aromatic N) is 3. The number of nitrogens with one attached hydrogen (secondary N) is 1. The van der Waals surface area contributed by atoms with Crippen LogP contribution < -0.4 is 5.32 Å². The van der Waals surface area contributed by atoms with Crippen molar-refractivity contribution in [2.45, 2.75) is 18.7 Å². The molecule has 0 saturated heterocycles. The van der Waals surface area contributed by atoms with Gasteiger partial charge in [-0.05, 0) is 56.4 Å². The lowest BCUT2D eigenvalue weighted by Crippen LogP contribution is -2.38. The first-order valence-electron chi connectivity index (χ1n) is 9.95. The molecule has 1 aliphatic rings. The average Bonchev–Trinajstić information content (AvgIpc) is 2.73. The number of urea groups is 1. The minimum Gasteiger partial charge on any atom is -0.387 e. The van der Waals surface area contributed by atoms with Gasteiger partial charge >= 0.3 is 12.2 Å². The normalized spacial score (nSPS) is 15.5. The van der Waals surface area contributed by atoms with Gasteiger partial charge in [-0.15, -0.1) is 0 Å². The van der Waals surface area contributed by atoms with Crippen LogP contribution >= 0.6 is 11.6 Å². The fourth-order valence-corrected chi connectivity index (χ4v) is 3.63. The van der Waals surface area contributed by atoms with Gasteiger partial charge in [-0.1, -0.05) is 17.7 Å². The first-order chi connectivity index (χ1) is 15.0. The summed E-state index contributed by atoms with van der Waals surface area (Å²) in [5.74, 6) is 0. The maximum absolute atomic E-state index is 12.7. The van der Waals surface area contributed by atoms with Gasteiger partial charge in [0.1, 0.15) is 0 Å². The van der Waals surface area contributed by atoms with Gasteiger partial charge < -0.3 is 20.2 Å². The van der Waals surface area contributed by atoms with Crippen LogP contribution in [0.3, 0.4) is 0 Å². The number of alkyl halides is 3. The predicted molar refractivity (Wildman–Crippen MR) is 117 cm³/mol. The smallest absolute Gasteiger partial charge is 0.387 e. The highest BCUT2D eigenvalue weighted by atomic mass is 35.5. The maximum atomic E-state index is 12.7. The van der Waals surface area contributed by atoms with Crippen molar-refractivity contribution in [3.05, 3.63) is 64.4 Å². The van der Waals surface area contributed by atoms with Gasteiger partial charge in [-0.3, -0.25) is 4.98 Å². The van der Waals surface area contributed by atoms with Crippen LogP contribution in [0, 0.1) is 0 Å². The van der Waals surface area contributed by atoms with Crippen LogP contribution in [0.1, 0.15) is 29.3 Å². The Balaban J connectivity index is 1.62. The van der Waals surface area contributed by atoms with Gasteiger partial charge in [0.15, 0.2) is 0 Å². The summed E-state index contributed by atoms with van der Waals surface area (Å²) in [6.45, 7) is 1.16. The number of hydrogen-bond acceptors (Lipinski definition) is 4. The molecular formula is C22H24ClF3N4O2. The molecule has 1 aliphatic heterocycles. The summed E-state index contributed by atoms with van der Waals surface area (Å²) in [7, 11) is 3.72. The SMILES string of the molecule is CN(C)C[C@H](O)c1cnc(C2=CCN(C(=O)Nc3ccc(C(F)(F)F)cc3)CC2)c(Cl)c1. The summed E-state index contributed by atoms with van der Waals surface area (Å²) >= 11 is 6.39. The lowest BCUT2D eigenvalue weighted by molar-refractivity contribution is -0.137. The van der Waals surface area contributed by atoms with Crippen LogP contribution in [-0.4, -0.2) is 59.7 Å². The minimum absolute atomic E-state index is 0.286. The van der Waals surface area contributed by atoms with Gasteiger partial charge in [-0.2, -0.15) is 13.2 Å². The quantitative estimate of drug-likeness (QED) is 0.669. The van der Waals surface area contributed by atoms with Crippen molar-refractivity contribution in [2.75, 3.05) is 39.0 Å². The standard InChI is InChI=1S/C22H24ClF3N4O2/c1-29(2)13-19(31)15-11-18(23)20(27-12-15)14-7-9-30(10-8-14)21(32)28-17-5-3-16(4-6-17)22(24,25)26/h3-7,11-12,19,31H,8-10,13H2,1-2H3,(H,28,32)/t19-/m0/s1. The van der Waals surface area contributed by atoms with Crippen LogP contribution in [0.15, 0.2) is 42.6 Å². The zero-order valence-electron chi connectivity index (χ0n) is 17.7. The summed E-state index contributed by atoms with van der Waals surface area (Å²) in [4.78, 5) is 20.3. The lowest BCUT2D eigenvalue weighted by Gasteiger charge is -2.27. The maximum Gasteiger partial charge on any atom is 0.416 e. The van der Waals surface area contributed by atoms with Crippen LogP contribution in [0.2, 0.25) is 5.02 Å². The van der Waals surface area contributed by atoms with Crippen molar-refractivity contribution in [1.29, 1.82) is 0 Å². The van der Waals surface area contributed by atoms with E-state index < -0.39 is 23.9 Å². The van der Waals surface area contributed by atoms with E-state index in [4.69, 9.17) is 11.6 Å². The molecule has 1 atom stereocenters. The number of aliphatic hydroxyl groups is 1. The monoisotopic (exact) mass is 468 g/mol. The molecule has 1 aromatic carbocycles.